The summed E-state index contributed by atoms with van der Waals surface area (Å²) < 4.78 is 0. The molecule has 0 spiro atoms. The molecule has 4 N–H and O–H groups in total. The number of hydrogen-bond acceptors (Lipinski definition) is 5. The SMILES string of the molecule is Cc1[nH]c2ccccc2c1/C=N/NC(=O)Cc1csc(N)n1. The Morgan fingerprint density at radius 3 is 3.09 bits per heavy atom. The molecule has 0 saturated carbocycles. The van der Waals surface area contributed by atoms with E-state index in [1.54, 1.807) is 11.6 Å². The van der Waals surface area contributed by atoms with Crippen molar-refractivity contribution in [2.45, 2.75) is 13.3 Å². The Kier molecular flexibility index (Phi) is 3.88. The van der Waals surface area contributed by atoms with Crippen LogP contribution in [0.1, 0.15) is 17.0 Å². The van der Waals surface area contributed by atoms with Crippen molar-refractivity contribution >= 4 is 39.5 Å². The Morgan fingerprint density at radius 2 is 2.32 bits per heavy atom. The van der Waals surface area contributed by atoms with E-state index in [4.69, 9.17) is 5.73 Å². The number of rotatable bonds is 4. The summed E-state index contributed by atoms with van der Waals surface area (Å²) in [5.41, 5.74) is 11.7. The smallest absolute Gasteiger partial charge is 0.246 e. The van der Waals surface area contributed by atoms with E-state index in [0.29, 0.717) is 10.8 Å². The van der Waals surface area contributed by atoms with Crippen molar-refractivity contribution in [2.24, 2.45) is 5.10 Å². The van der Waals surface area contributed by atoms with Crippen molar-refractivity contribution in [1.82, 2.24) is 15.4 Å². The molecule has 0 radical (unpaired) electrons. The standard InChI is InChI=1S/C15H15N5OS/c1-9-12(11-4-2-3-5-13(11)18-9)7-17-20-14(21)6-10-8-22-15(16)19-10/h2-5,7-8,18H,6H2,1H3,(H2,16,19)(H,20,21)/b17-7+. The molecule has 2 aromatic heterocycles. The summed E-state index contributed by atoms with van der Waals surface area (Å²) in [5, 5.41) is 7.33. The lowest BCUT2D eigenvalue weighted by molar-refractivity contribution is -0.120. The van der Waals surface area contributed by atoms with E-state index in [0.717, 1.165) is 22.2 Å². The van der Waals surface area contributed by atoms with Crippen molar-refractivity contribution < 1.29 is 4.79 Å². The number of aromatic nitrogens is 2. The Morgan fingerprint density at radius 1 is 1.50 bits per heavy atom. The van der Waals surface area contributed by atoms with Crippen LogP contribution in [0.5, 0.6) is 0 Å². The van der Waals surface area contributed by atoms with Gasteiger partial charge in [0.05, 0.1) is 18.3 Å². The van der Waals surface area contributed by atoms with Crippen LogP contribution in [-0.4, -0.2) is 22.1 Å². The maximum absolute atomic E-state index is 11.8. The van der Waals surface area contributed by atoms with E-state index < -0.39 is 0 Å². The highest BCUT2D eigenvalue weighted by Crippen LogP contribution is 2.19. The number of aromatic amines is 1. The van der Waals surface area contributed by atoms with Crippen LogP contribution >= 0.6 is 11.3 Å². The summed E-state index contributed by atoms with van der Waals surface area (Å²) in [7, 11) is 0. The van der Waals surface area contributed by atoms with Crippen LogP contribution in [0.3, 0.4) is 0 Å². The molecular weight excluding hydrogens is 298 g/mol. The topological polar surface area (TPSA) is 96.2 Å². The number of nitrogens with zero attached hydrogens (tertiary/aromatic N) is 2. The lowest BCUT2D eigenvalue weighted by atomic mass is 10.1. The second-order valence-corrected chi connectivity index (χ2v) is 5.75. The predicted octanol–water partition coefficient (Wildman–Crippen LogP) is 2.21. The second-order valence-electron chi connectivity index (χ2n) is 4.86. The Hall–Kier alpha value is -2.67. The highest BCUT2D eigenvalue weighted by Gasteiger charge is 2.07. The number of carbonyl (C=O) groups is 1. The van der Waals surface area contributed by atoms with Gasteiger partial charge in [0.25, 0.3) is 0 Å². The molecule has 0 atom stereocenters. The number of carbonyl (C=O) groups excluding carboxylic acids is 1. The fourth-order valence-corrected chi connectivity index (χ4v) is 2.80. The number of benzene rings is 1. The number of aryl methyl sites for hydroxylation is 1. The molecule has 1 amide bonds. The van der Waals surface area contributed by atoms with E-state index in [2.05, 4.69) is 20.5 Å². The highest BCUT2D eigenvalue weighted by molar-refractivity contribution is 7.13. The number of nitrogens with two attached hydrogens (primary N) is 1. The lowest BCUT2D eigenvalue weighted by Crippen LogP contribution is -2.20. The maximum Gasteiger partial charge on any atom is 0.246 e. The molecule has 0 fully saturated rings. The monoisotopic (exact) mass is 313 g/mol. The van der Waals surface area contributed by atoms with E-state index in [1.165, 1.54) is 11.3 Å². The number of amides is 1. The molecule has 0 saturated heterocycles. The minimum absolute atomic E-state index is 0.165. The molecule has 0 aliphatic carbocycles. The van der Waals surface area contributed by atoms with Crippen molar-refractivity contribution in [3.05, 3.63) is 46.6 Å². The third-order valence-corrected chi connectivity index (χ3v) is 3.96. The average Bonchev–Trinajstić information content (AvgIpc) is 3.03. The number of anilines is 1. The van der Waals surface area contributed by atoms with Gasteiger partial charge in [-0.2, -0.15) is 5.10 Å². The van der Waals surface area contributed by atoms with Gasteiger partial charge in [0.1, 0.15) is 0 Å². The number of thiazole rings is 1. The highest BCUT2D eigenvalue weighted by atomic mass is 32.1. The fraction of sp³-hybridized carbons (Fsp3) is 0.133. The van der Waals surface area contributed by atoms with Gasteiger partial charge >= 0.3 is 0 Å². The number of fused-ring (bicyclic) bond motifs is 1. The molecule has 2 heterocycles. The summed E-state index contributed by atoms with van der Waals surface area (Å²) in [5.74, 6) is -0.223. The first-order chi connectivity index (χ1) is 10.6. The van der Waals surface area contributed by atoms with E-state index in [9.17, 15) is 4.79 Å². The van der Waals surface area contributed by atoms with Crippen LogP contribution in [0.2, 0.25) is 0 Å². The largest absolute Gasteiger partial charge is 0.375 e. The quantitative estimate of drug-likeness (QED) is 0.509. The summed E-state index contributed by atoms with van der Waals surface area (Å²) in [6.45, 7) is 1.97. The number of nitrogen functional groups attached to an aromatic ring is 1. The Balaban J connectivity index is 1.68. The summed E-state index contributed by atoms with van der Waals surface area (Å²) >= 11 is 1.32. The molecule has 0 bridgehead atoms. The van der Waals surface area contributed by atoms with Crippen LogP contribution in [0.4, 0.5) is 5.13 Å². The van der Waals surface area contributed by atoms with Gasteiger partial charge in [-0.25, -0.2) is 10.4 Å². The van der Waals surface area contributed by atoms with Crippen molar-refractivity contribution in [1.29, 1.82) is 0 Å². The minimum Gasteiger partial charge on any atom is -0.375 e. The minimum atomic E-state index is -0.223. The van der Waals surface area contributed by atoms with E-state index >= 15 is 0 Å². The van der Waals surface area contributed by atoms with Crippen molar-refractivity contribution in [3.8, 4) is 0 Å². The summed E-state index contributed by atoms with van der Waals surface area (Å²) in [6.07, 6.45) is 1.82. The average molecular weight is 313 g/mol. The fourth-order valence-electron chi connectivity index (χ4n) is 2.24. The van der Waals surface area contributed by atoms with Crippen molar-refractivity contribution in [3.63, 3.8) is 0 Å². The zero-order chi connectivity index (χ0) is 15.5. The third-order valence-electron chi connectivity index (χ3n) is 3.24. The van der Waals surface area contributed by atoms with E-state index in [1.807, 2.05) is 31.2 Å². The first-order valence-corrected chi connectivity index (χ1v) is 7.60. The van der Waals surface area contributed by atoms with Crippen LogP contribution < -0.4 is 11.2 Å². The van der Waals surface area contributed by atoms with Crippen molar-refractivity contribution in [2.75, 3.05) is 5.73 Å². The van der Waals surface area contributed by atoms with Gasteiger partial charge in [-0.15, -0.1) is 11.3 Å². The number of hydrazone groups is 1. The first-order valence-electron chi connectivity index (χ1n) is 6.72. The zero-order valence-corrected chi connectivity index (χ0v) is 12.8. The normalized spacial score (nSPS) is 11.3. The molecule has 112 valence electrons. The lowest BCUT2D eigenvalue weighted by Gasteiger charge is -1.97. The third kappa shape index (κ3) is 2.99. The van der Waals surface area contributed by atoms with Crippen LogP contribution in [0, 0.1) is 6.92 Å². The van der Waals surface area contributed by atoms with Gasteiger partial charge in [-0.05, 0) is 13.0 Å². The van der Waals surface area contributed by atoms with Gasteiger partial charge in [-0.1, -0.05) is 18.2 Å². The second kappa shape index (κ2) is 5.98. The molecule has 0 aliphatic rings. The molecule has 3 rings (SSSR count). The van der Waals surface area contributed by atoms with Gasteiger partial charge in [0.2, 0.25) is 5.91 Å². The van der Waals surface area contributed by atoms with Crippen LogP contribution in [-0.2, 0) is 11.2 Å². The molecule has 0 aliphatic heterocycles. The summed E-state index contributed by atoms with van der Waals surface area (Å²) in [6, 6.07) is 7.96. The van der Waals surface area contributed by atoms with Crippen LogP contribution in [0.15, 0.2) is 34.7 Å². The summed E-state index contributed by atoms with van der Waals surface area (Å²) in [4.78, 5) is 19.1. The molecular formula is C15H15N5OS. The van der Waals surface area contributed by atoms with Gasteiger partial charge < -0.3 is 10.7 Å². The van der Waals surface area contributed by atoms with Gasteiger partial charge in [-0.3, -0.25) is 4.79 Å². The molecule has 7 heteroatoms. The molecule has 22 heavy (non-hydrogen) atoms. The number of H-pyrrole nitrogens is 1. The number of hydrogen-bond donors (Lipinski definition) is 3. The zero-order valence-electron chi connectivity index (χ0n) is 12.0. The molecule has 6 nitrogen and oxygen atoms in total. The Labute approximate surface area is 131 Å². The van der Waals surface area contributed by atoms with E-state index in [-0.39, 0.29) is 12.3 Å². The molecule has 1 aromatic carbocycles. The van der Waals surface area contributed by atoms with Gasteiger partial charge in [0.15, 0.2) is 5.13 Å². The Bertz CT molecular complexity index is 849. The molecule has 3 aromatic rings. The number of para-hydroxylation sites is 1. The maximum atomic E-state index is 11.8. The first kappa shape index (κ1) is 14.3. The van der Waals surface area contributed by atoms with Crippen LogP contribution in [0.25, 0.3) is 10.9 Å². The predicted molar refractivity (Wildman–Crippen MR) is 89.0 cm³/mol. The van der Waals surface area contributed by atoms with Gasteiger partial charge in [0, 0.05) is 27.5 Å². The molecule has 0 unspecified atom stereocenters. The number of nitrogens with one attached hydrogen (secondary N) is 2.